The molecule has 0 fully saturated rings. The Balaban J connectivity index is 2.50. The van der Waals surface area contributed by atoms with Crippen LogP contribution >= 0.6 is 0 Å². The van der Waals surface area contributed by atoms with Crippen LogP contribution in [0.15, 0.2) is 85.1 Å². The van der Waals surface area contributed by atoms with E-state index in [4.69, 9.17) is 0 Å². The van der Waals surface area contributed by atoms with Crippen LogP contribution < -0.4 is 4.90 Å². The molecule has 0 radical (unpaired) electrons. The van der Waals surface area contributed by atoms with Crippen molar-refractivity contribution in [2.45, 2.75) is 80.1 Å². The molecule has 0 heterocycles. The quantitative estimate of drug-likeness (QED) is 0.385. The van der Waals surface area contributed by atoms with Gasteiger partial charge in [0.1, 0.15) is 0 Å². The van der Waals surface area contributed by atoms with Crippen LogP contribution in [-0.4, -0.2) is 0 Å². The Kier molecular flexibility index (Phi) is 7.90. The average molecular weight is 444 g/mol. The zero-order chi connectivity index (χ0) is 25.2. The molecule has 33 heavy (non-hydrogen) atoms. The molecule has 1 nitrogen and oxygen atoms in total. The van der Waals surface area contributed by atoms with Gasteiger partial charge in [-0.2, -0.15) is 0 Å². The second-order valence-electron chi connectivity index (χ2n) is 12.2. The molecule has 0 spiro atoms. The molecule has 0 saturated heterocycles. The Morgan fingerprint density at radius 1 is 0.697 bits per heavy atom. The molecule has 2 aromatic carbocycles. The zero-order valence-electron chi connectivity index (χ0n) is 22.7. The first kappa shape index (κ1) is 26.7. The average Bonchev–Trinajstić information content (AvgIpc) is 2.71. The third-order valence-electron chi connectivity index (χ3n) is 7.03. The third kappa shape index (κ3) is 6.50. The summed E-state index contributed by atoms with van der Waals surface area (Å²) in [5.41, 5.74) is 7.16. The van der Waals surface area contributed by atoms with E-state index in [1.807, 2.05) is 0 Å². The molecular formula is C32H45N. The van der Waals surface area contributed by atoms with Crippen molar-refractivity contribution in [1.82, 2.24) is 0 Å². The molecule has 178 valence electrons. The summed E-state index contributed by atoms with van der Waals surface area (Å²) in [4.78, 5) is 2.23. The van der Waals surface area contributed by atoms with E-state index in [2.05, 4.69) is 148 Å². The van der Waals surface area contributed by atoms with Gasteiger partial charge in [-0.15, -0.1) is 0 Å². The van der Waals surface area contributed by atoms with Gasteiger partial charge in [-0.05, 0) is 69.2 Å². The van der Waals surface area contributed by atoms with E-state index in [1.54, 1.807) is 0 Å². The number of nitrogens with zero attached hydrogens (tertiary/aromatic N) is 1. The fourth-order valence-corrected chi connectivity index (χ4v) is 3.49. The van der Waals surface area contributed by atoms with Crippen molar-refractivity contribution in [3.8, 4) is 0 Å². The lowest BCUT2D eigenvalue weighted by Gasteiger charge is -2.31. The maximum Gasteiger partial charge on any atom is 0.0461 e. The maximum absolute atomic E-state index is 4.43. The van der Waals surface area contributed by atoms with Crippen molar-refractivity contribution < 1.29 is 0 Å². The molecule has 0 aromatic heterocycles. The first-order chi connectivity index (χ1) is 15.0. The molecule has 2 rings (SSSR count). The normalized spacial score (nSPS) is 12.9. The molecular weight excluding hydrogens is 398 g/mol. The van der Waals surface area contributed by atoms with E-state index in [9.17, 15) is 0 Å². The molecule has 0 aliphatic rings. The van der Waals surface area contributed by atoms with Gasteiger partial charge in [0.2, 0.25) is 0 Å². The Hall–Kier alpha value is -2.54. The minimum Gasteiger partial charge on any atom is -0.311 e. The highest BCUT2D eigenvalue weighted by atomic mass is 15.1. The van der Waals surface area contributed by atoms with Gasteiger partial charge in [-0.1, -0.05) is 113 Å². The molecule has 2 aromatic rings. The Morgan fingerprint density at radius 2 is 1.12 bits per heavy atom. The highest BCUT2D eigenvalue weighted by molar-refractivity contribution is 5.70. The largest absolute Gasteiger partial charge is 0.311 e. The van der Waals surface area contributed by atoms with Crippen molar-refractivity contribution in [2.75, 3.05) is 4.90 Å². The summed E-state index contributed by atoms with van der Waals surface area (Å²) in [6.45, 7) is 31.2. The van der Waals surface area contributed by atoms with Gasteiger partial charge in [-0.3, -0.25) is 0 Å². The second-order valence-corrected chi connectivity index (χ2v) is 12.2. The molecule has 0 unspecified atom stereocenters. The SMILES string of the molecule is C=C(/C=C\C(=C)C(C)(C)C)N(c1ccc(C(C)(C)C)cc1)c1ccc(C(C)(C)C(C)C)cc1. The number of hydrogen-bond donors (Lipinski definition) is 0. The third-order valence-corrected chi connectivity index (χ3v) is 7.03. The van der Waals surface area contributed by atoms with Crippen molar-refractivity contribution in [3.63, 3.8) is 0 Å². The first-order valence-corrected chi connectivity index (χ1v) is 12.1. The van der Waals surface area contributed by atoms with Gasteiger partial charge in [-0.25, -0.2) is 0 Å². The summed E-state index contributed by atoms with van der Waals surface area (Å²) in [5, 5.41) is 0. The number of allylic oxidation sites excluding steroid dienone is 3. The predicted molar refractivity (Wildman–Crippen MR) is 148 cm³/mol. The van der Waals surface area contributed by atoms with Gasteiger partial charge >= 0.3 is 0 Å². The fourth-order valence-electron chi connectivity index (χ4n) is 3.49. The Labute approximate surface area is 203 Å². The van der Waals surface area contributed by atoms with Crippen LogP contribution in [0.4, 0.5) is 11.4 Å². The fraction of sp³-hybridized carbons (Fsp3) is 0.438. The van der Waals surface area contributed by atoms with Gasteiger partial charge in [0.05, 0.1) is 0 Å². The van der Waals surface area contributed by atoms with Crippen LogP contribution in [0.1, 0.15) is 80.4 Å². The van der Waals surface area contributed by atoms with E-state index in [0.717, 1.165) is 22.6 Å². The number of benzene rings is 2. The lowest BCUT2D eigenvalue weighted by atomic mass is 9.75. The van der Waals surface area contributed by atoms with Crippen LogP contribution in [0.25, 0.3) is 0 Å². The number of hydrogen-bond acceptors (Lipinski definition) is 1. The van der Waals surface area contributed by atoms with E-state index in [1.165, 1.54) is 11.1 Å². The smallest absolute Gasteiger partial charge is 0.0461 e. The number of rotatable bonds is 7. The number of anilines is 2. The van der Waals surface area contributed by atoms with Crippen molar-refractivity contribution in [2.24, 2.45) is 11.3 Å². The van der Waals surface area contributed by atoms with E-state index in [0.29, 0.717) is 5.92 Å². The molecule has 0 N–H and O–H groups in total. The molecule has 0 bridgehead atoms. The maximum atomic E-state index is 4.43. The summed E-state index contributed by atoms with van der Waals surface area (Å²) in [7, 11) is 0. The van der Waals surface area contributed by atoms with Crippen LogP contribution in [0.2, 0.25) is 0 Å². The minimum absolute atomic E-state index is 0.0278. The standard InChI is InChI=1S/C32H45N/c1-23(2)32(11,12)27-17-21-29(22-18-27)33(25(4)14-13-24(3)30(5,6)7)28-19-15-26(16-20-28)31(8,9)10/h13-23H,3-4H2,1-2,5-12H3/b14-13-. The molecule has 0 aliphatic heterocycles. The van der Waals surface area contributed by atoms with Crippen molar-refractivity contribution >= 4 is 11.4 Å². The predicted octanol–water partition coefficient (Wildman–Crippen LogP) is 9.73. The van der Waals surface area contributed by atoms with Gasteiger partial charge < -0.3 is 4.90 Å². The van der Waals surface area contributed by atoms with E-state index >= 15 is 0 Å². The summed E-state index contributed by atoms with van der Waals surface area (Å²) in [5.74, 6) is 0.561. The zero-order valence-corrected chi connectivity index (χ0v) is 22.7. The van der Waals surface area contributed by atoms with Gasteiger partial charge in [0, 0.05) is 17.1 Å². The van der Waals surface area contributed by atoms with Crippen LogP contribution in [0.3, 0.4) is 0 Å². The molecule has 0 atom stereocenters. The van der Waals surface area contributed by atoms with Crippen molar-refractivity contribution in [1.29, 1.82) is 0 Å². The van der Waals surface area contributed by atoms with Crippen LogP contribution in [0.5, 0.6) is 0 Å². The molecule has 0 aliphatic carbocycles. The topological polar surface area (TPSA) is 3.24 Å². The van der Waals surface area contributed by atoms with E-state index < -0.39 is 0 Å². The van der Waals surface area contributed by atoms with Gasteiger partial charge in [0.15, 0.2) is 0 Å². The minimum atomic E-state index is 0.0278. The summed E-state index contributed by atoms with van der Waals surface area (Å²) >= 11 is 0. The van der Waals surface area contributed by atoms with Crippen LogP contribution in [0, 0.1) is 11.3 Å². The molecule has 0 saturated carbocycles. The highest BCUT2D eigenvalue weighted by Crippen LogP contribution is 2.36. The highest BCUT2D eigenvalue weighted by Gasteiger charge is 2.25. The lowest BCUT2D eigenvalue weighted by molar-refractivity contribution is 0.372. The monoisotopic (exact) mass is 443 g/mol. The Bertz CT molecular complexity index is 984. The first-order valence-electron chi connectivity index (χ1n) is 12.1. The summed E-state index contributed by atoms with van der Waals surface area (Å²) < 4.78 is 0. The van der Waals surface area contributed by atoms with E-state index in [-0.39, 0.29) is 16.2 Å². The van der Waals surface area contributed by atoms with Gasteiger partial charge in [0.25, 0.3) is 0 Å². The second kappa shape index (κ2) is 9.75. The Morgan fingerprint density at radius 3 is 1.48 bits per heavy atom. The summed E-state index contributed by atoms with van der Waals surface area (Å²) in [6.07, 6.45) is 4.17. The van der Waals surface area contributed by atoms with Crippen molar-refractivity contribution in [3.05, 3.63) is 96.2 Å². The lowest BCUT2D eigenvalue weighted by Crippen LogP contribution is -2.24. The summed E-state index contributed by atoms with van der Waals surface area (Å²) in [6, 6.07) is 17.8. The van der Waals surface area contributed by atoms with Crippen LogP contribution in [-0.2, 0) is 10.8 Å². The molecule has 1 heteroatoms. The molecule has 0 amide bonds.